The number of nitrogens with zero attached hydrogens (tertiary/aromatic N) is 1. The van der Waals surface area contributed by atoms with Crippen LogP contribution >= 0.6 is 11.6 Å². The summed E-state index contributed by atoms with van der Waals surface area (Å²) in [5.41, 5.74) is 2.26. The van der Waals surface area contributed by atoms with Crippen molar-refractivity contribution >= 4 is 23.0 Å². The van der Waals surface area contributed by atoms with Crippen LogP contribution in [0.25, 0.3) is 0 Å². The van der Waals surface area contributed by atoms with Crippen LogP contribution in [0.3, 0.4) is 0 Å². The molecule has 0 aliphatic carbocycles. The van der Waals surface area contributed by atoms with Crippen molar-refractivity contribution in [3.63, 3.8) is 0 Å². The summed E-state index contributed by atoms with van der Waals surface area (Å²) in [5.74, 6) is 0.592. The molecule has 0 aliphatic rings. The predicted octanol–water partition coefficient (Wildman–Crippen LogP) is 3.86. The third-order valence-electron chi connectivity index (χ3n) is 2.82. The van der Waals surface area contributed by atoms with Gasteiger partial charge < -0.3 is 10.2 Å². The van der Waals surface area contributed by atoms with E-state index < -0.39 is 0 Å². The third kappa shape index (κ3) is 3.31. The van der Waals surface area contributed by atoms with Gasteiger partial charge in [-0.25, -0.2) is 0 Å². The van der Waals surface area contributed by atoms with Gasteiger partial charge in [-0.15, -0.1) is 0 Å². The third-order valence-corrected chi connectivity index (χ3v) is 3.06. The lowest BCUT2D eigenvalue weighted by Crippen LogP contribution is -2.23. The van der Waals surface area contributed by atoms with Crippen LogP contribution in [0, 0.1) is 5.92 Å². The minimum Gasteiger partial charge on any atom is -0.381 e. The fraction of sp³-hybridized carbons (Fsp3) is 0.538. The number of hydrogen-bond donors (Lipinski definition) is 1. The monoisotopic (exact) mass is 240 g/mol. The Kier molecular flexibility index (Phi) is 4.48. The van der Waals surface area contributed by atoms with E-state index in [-0.39, 0.29) is 0 Å². The second kappa shape index (κ2) is 5.44. The summed E-state index contributed by atoms with van der Waals surface area (Å²) in [6.45, 7) is 6.60. The molecule has 16 heavy (non-hydrogen) atoms. The van der Waals surface area contributed by atoms with E-state index in [0.717, 1.165) is 16.4 Å². The molecule has 90 valence electrons. The summed E-state index contributed by atoms with van der Waals surface area (Å²) in [5, 5.41) is 4.27. The Morgan fingerprint density at radius 3 is 2.31 bits per heavy atom. The van der Waals surface area contributed by atoms with Gasteiger partial charge in [0.2, 0.25) is 0 Å². The molecule has 0 heterocycles. The molecule has 0 amide bonds. The van der Waals surface area contributed by atoms with Crippen LogP contribution in [0.15, 0.2) is 18.2 Å². The van der Waals surface area contributed by atoms with Crippen LogP contribution < -0.4 is 10.2 Å². The average molecular weight is 241 g/mol. The SMILES string of the molecule is CC(C)C(C)Nc1cc(Cl)ccc1N(C)C. The van der Waals surface area contributed by atoms with Crippen molar-refractivity contribution in [2.45, 2.75) is 26.8 Å². The van der Waals surface area contributed by atoms with Crippen LogP contribution in [-0.4, -0.2) is 20.1 Å². The van der Waals surface area contributed by atoms with Gasteiger partial charge in [-0.2, -0.15) is 0 Å². The number of hydrogen-bond acceptors (Lipinski definition) is 2. The fourth-order valence-electron chi connectivity index (χ4n) is 1.43. The first-order chi connectivity index (χ1) is 7.41. The number of halogens is 1. The van der Waals surface area contributed by atoms with E-state index in [0.29, 0.717) is 12.0 Å². The summed E-state index contributed by atoms with van der Waals surface area (Å²) in [6.07, 6.45) is 0. The zero-order valence-corrected chi connectivity index (χ0v) is 11.5. The van der Waals surface area contributed by atoms with Crippen LogP contribution in [0.2, 0.25) is 5.02 Å². The maximum atomic E-state index is 6.03. The first-order valence-corrected chi connectivity index (χ1v) is 6.03. The van der Waals surface area contributed by atoms with Crippen molar-refractivity contribution in [3.8, 4) is 0 Å². The van der Waals surface area contributed by atoms with Crippen LogP contribution in [-0.2, 0) is 0 Å². The highest BCUT2D eigenvalue weighted by atomic mass is 35.5. The van der Waals surface area contributed by atoms with E-state index in [1.807, 2.05) is 32.3 Å². The molecule has 0 radical (unpaired) electrons. The molecule has 0 saturated carbocycles. The fourth-order valence-corrected chi connectivity index (χ4v) is 1.60. The molecular weight excluding hydrogens is 220 g/mol. The summed E-state index contributed by atoms with van der Waals surface area (Å²) in [7, 11) is 4.07. The summed E-state index contributed by atoms with van der Waals surface area (Å²) < 4.78 is 0. The van der Waals surface area contributed by atoms with Gasteiger partial charge in [-0.05, 0) is 31.0 Å². The molecule has 1 N–H and O–H groups in total. The minimum atomic E-state index is 0.428. The van der Waals surface area contributed by atoms with Gasteiger partial charge in [0, 0.05) is 25.2 Å². The highest BCUT2D eigenvalue weighted by molar-refractivity contribution is 6.31. The molecule has 1 unspecified atom stereocenters. The number of benzene rings is 1. The topological polar surface area (TPSA) is 15.3 Å². The number of anilines is 2. The van der Waals surface area contributed by atoms with Gasteiger partial charge in [0.1, 0.15) is 0 Å². The molecule has 1 atom stereocenters. The van der Waals surface area contributed by atoms with Gasteiger partial charge in [0.05, 0.1) is 11.4 Å². The Balaban J connectivity index is 2.96. The Morgan fingerprint density at radius 1 is 1.19 bits per heavy atom. The first kappa shape index (κ1) is 13.2. The molecule has 1 aromatic carbocycles. The van der Waals surface area contributed by atoms with Gasteiger partial charge in [0.25, 0.3) is 0 Å². The smallest absolute Gasteiger partial charge is 0.0597 e. The average Bonchev–Trinajstić information content (AvgIpc) is 2.16. The van der Waals surface area contributed by atoms with Gasteiger partial charge >= 0.3 is 0 Å². The molecule has 1 aromatic rings. The standard InChI is InChI=1S/C13H21ClN2/c1-9(2)10(3)15-12-8-11(14)6-7-13(12)16(4)5/h6-10,15H,1-5H3. The Bertz CT molecular complexity index is 348. The van der Waals surface area contributed by atoms with E-state index >= 15 is 0 Å². The normalized spacial score (nSPS) is 12.7. The molecule has 0 saturated heterocycles. The molecule has 0 spiro atoms. The maximum absolute atomic E-state index is 6.03. The Labute approximate surface area is 104 Å². The molecule has 1 rings (SSSR count). The quantitative estimate of drug-likeness (QED) is 0.860. The molecule has 0 fully saturated rings. The van der Waals surface area contributed by atoms with Gasteiger partial charge in [-0.1, -0.05) is 25.4 Å². The molecule has 0 aromatic heterocycles. The highest BCUT2D eigenvalue weighted by Crippen LogP contribution is 2.29. The van der Waals surface area contributed by atoms with Crippen LogP contribution in [0.1, 0.15) is 20.8 Å². The lowest BCUT2D eigenvalue weighted by atomic mass is 10.1. The van der Waals surface area contributed by atoms with Crippen molar-refractivity contribution in [1.82, 2.24) is 0 Å². The lowest BCUT2D eigenvalue weighted by molar-refractivity contribution is 0.560. The van der Waals surface area contributed by atoms with Crippen LogP contribution in [0.5, 0.6) is 0 Å². The van der Waals surface area contributed by atoms with Crippen molar-refractivity contribution in [2.24, 2.45) is 5.92 Å². The Morgan fingerprint density at radius 2 is 1.81 bits per heavy atom. The summed E-state index contributed by atoms with van der Waals surface area (Å²) in [4.78, 5) is 2.09. The van der Waals surface area contributed by atoms with E-state index in [1.54, 1.807) is 0 Å². The largest absolute Gasteiger partial charge is 0.381 e. The molecule has 2 nitrogen and oxygen atoms in total. The second-order valence-corrected chi connectivity index (χ2v) is 5.17. The predicted molar refractivity (Wildman–Crippen MR) is 73.7 cm³/mol. The van der Waals surface area contributed by atoms with E-state index in [9.17, 15) is 0 Å². The molecule has 0 aliphatic heterocycles. The zero-order valence-electron chi connectivity index (χ0n) is 10.7. The number of rotatable bonds is 4. The van der Waals surface area contributed by atoms with Gasteiger partial charge in [-0.3, -0.25) is 0 Å². The maximum Gasteiger partial charge on any atom is 0.0597 e. The first-order valence-electron chi connectivity index (χ1n) is 5.65. The van der Waals surface area contributed by atoms with Crippen molar-refractivity contribution < 1.29 is 0 Å². The van der Waals surface area contributed by atoms with Crippen molar-refractivity contribution in [2.75, 3.05) is 24.3 Å². The van der Waals surface area contributed by atoms with E-state index in [2.05, 4.69) is 31.0 Å². The number of nitrogens with one attached hydrogen (secondary N) is 1. The van der Waals surface area contributed by atoms with Gasteiger partial charge in [0.15, 0.2) is 0 Å². The second-order valence-electron chi connectivity index (χ2n) is 4.73. The lowest BCUT2D eigenvalue weighted by Gasteiger charge is -2.24. The van der Waals surface area contributed by atoms with E-state index in [1.165, 1.54) is 0 Å². The van der Waals surface area contributed by atoms with Crippen molar-refractivity contribution in [3.05, 3.63) is 23.2 Å². The summed E-state index contributed by atoms with van der Waals surface area (Å²) in [6, 6.07) is 6.37. The minimum absolute atomic E-state index is 0.428. The zero-order chi connectivity index (χ0) is 12.3. The molecule has 3 heteroatoms. The molecule has 0 bridgehead atoms. The highest BCUT2D eigenvalue weighted by Gasteiger charge is 2.11. The van der Waals surface area contributed by atoms with E-state index in [4.69, 9.17) is 11.6 Å². The van der Waals surface area contributed by atoms with Crippen molar-refractivity contribution in [1.29, 1.82) is 0 Å². The Hall–Kier alpha value is -0.890. The molecular formula is C13H21ClN2. The van der Waals surface area contributed by atoms with Crippen LogP contribution in [0.4, 0.5) is 11.4 Å². The summed E-state index contributed by atoms with van der Waals surface area (Å²) >= 11 is 6.03.